The summed E-state index contributed by atoms with van der Waals surface area (Å²) in [5, 5.41) is 7.42. The molecule has 7 nitrogen and oxygen atoms in total. The molecule has 1 aromatic rings. The minimum absolute atomic E-state index is 0. The first-order valence-electron chi connectivity index (χ1n) is 9.28. The largest absolute Gasteiger partial charge is 0.495 e. The number of guanidine groups is 1. The van der Waals surface area contributed by atoms with Crippen molar-refractivity contribution in [3.8, 4) is 5.75 Å². The first-order chi connectivity index (χ1) is 12.9. The molecule has 1 aromatic carbocycles. The summed E-state index contributed by atoms with van der Waals surface area (Å²) in [5.41, 5.74) is 0.997. The van der Waals surface area contributed by atoms with Crippen molar-refractivity contribution in [2.24, 2.45) is 4.99 Å². The van der Waals surface area contributed by atoms with Gasteiger partial charge in [-0.05, 0) is 31.0 Å². The van der Waals surface area contributed by atoms with Gasteiger partial charge in [-0.3, -0.25) is 4.79 Å². The van der Waals surface area contributed by atoms with Gasteiger partial charge in [0.1, 0.15) is 12.3 Å². The van der Waals surface area contributed by atoms with E-state index in [9.17, 15) is 4.79 Å². The van der Waals surface area contributed by atoms with Gasteiger partial charge >= 0.3 is 0 Å². The minimum atomic E-state index is -0.0238. The fourth-order valence-corrected chi connectivity index (χ4v) is 3.05. The van der Waals surface area contributed by atoms with Crippen LogP contribution in [0.15, 0.2) is 23.2 Å². The van der Waals surface area contributed by atoms with E-state index in [0.717, 1.165) is 43.9 Å². The van der Waals surface area contributed by atoms with Gasteiger partial charge in [-0.2, -0.15) is 0 Å². The van der Waals surface area contributed by atoms with Crippen LogP contribution in [0.3, 0.4) is 0 Å². The van der Waals surface area contributed by atoms with Gasteiger partial charge in [-0.15, -0.1) is 24.0 Å². The first-order valence-corrected chi connectivity index (χ1v) is 9.65. The third-order valence-corrected chi connectivity index (χ3v) is 4.66. The summed E-state index contributed by atoms with van der Waals surface area (Å²) in [5.74, 6) is 1.47. The highest BCUT2D eigenvalue weighted by molar-refractivity contribution is 14.0. The number of anilines is 1. The zero-order chi connectivity index (χ0) is 19.8. The highest BCUT2D eigenvalue weighted by Crippen LogP contribution is 2.33. The standard InChI is InChI=1S/C19H30ClN5O2.HI/c1-5-9-21-19(22-12-18(26)24(2)3)23-15-8-10-25(13-15)16-11-14(20)6-7-17(16)27-4;/h6-7,11,15H,5,8-10,12-13H2,1-4H3,(H2,21,22,23);1H. The van der Waals surface area contributed by atoms with Gasteiger partial charge < -0.3 is 25.2 Å². The maximum Gasteiger partial charge on any atom is 0.243 e. The fourth-order valence-electron chi connectivity index (χ4n) is 2.88. The molecule has 2 N–H and O–H groups in total. The maximum atomic E-state index is 11.8. The van der Waals surface area contributed by atoms with E-state index in [0.29, 0.717) is 11.0 Å². The van der Waals surface area contributed by atoms with Gasteiger partial charge in [-0.25, -0.2) is 4.99 Å². The van der Waals surface area contributed by atoms with Gasteiger partial charge in [0.2, 0.25) is 5.91 Å². The lowest BCUT2D eigenvalue weighted by Gasteiger charge is -2.22. The monoisotopic (exact) mass is 523 g/mol. The van der Waals surface area contributed by atoms with E-state index in [-0.39, 0.29) is 42.5 Å². The number of amides is 1. The van der Waals surface area contributed by atoms with Crippen molar-refractivity contribution >= 4 is 53.1 Å². The van der Waals surface area contributed by atoms with E-state index in [1.165, 1.54) is 0 Å². The van der Waals surface area contributed by atoms with Crippen LogP contribution in [0.5, 0.6) is 5.75 Å². The van der Waals surface area contributed by atoms with E-state index in [1.807, 2.05) is 18.2 Å². The molecule has 2 rings (SSSR count). The Bertz CT molecular complexity index is 672. The second-order valence-electron chi connectivity index (χ2n) is 6.77. The van der Waals surface area contributed by atoms with Crippen LogP contribution in [-0.4, -0.2) is 70.2 Å². The average Bonchev–Trinajstić information content (AvgIpc) is 3.11. The summed E-state index contributed by atoms with van der Waals surface area (Å²) in [6.45, 7) is 4.74. The molecule has 1 unspecified atom stereocenters. The Kier molecular flexibility index (Phi) is 10.7. The van der Waals surface area contributed by atoms with Crippen molar-refractivity contribution in [3.63, 3.8) is 0 Å². The van der Waals surface area contributed by atoms with Crippen LogP contribution >= 0.6 is 35.6 Å². The average molecular weight is 524 g/mol. The molecule has 1 fully saturated rings. The van der Waals surface area contributed by atoms with Crippen LogP contribution in [0.2, 0.25) is 5.02 Å². The maximum absolute atomic E-state index is 11.8. The van der Waals surface area contributed by atoms with Crippen molar-refractivity contribution in [3.05, 3.63) is 23.2 Å². The van der Waals surface area contributed by atoms with Crippen molar-refractivity contribution in [1.82, 2.24) is 15.5 Å². The van der Waals surface area contributed by atoms with Crippen molar-refractivity contribution in [1.29, 1.82) is 0 Å². The number of ether oxygens (including phenoxy) is 1. The Balaban J connectivity index is 0.00000392. The van der Waals surface area contributed by atoms with Crippen molar-refractivity contribution < 1.29 is 9.53 Å². The molecule has 9 heteroatoms. The molecule has 0 bridgehead atoms. The number of hydrogen-bond acceptors (Lipinski definition) is 4. The molecule has 158 valence electrons. The summed E-state index contributed by atoms with van der Waals surface area (Å²) in [6.07, 6.45) is 1.95. The van der Waals surface area contributed by atoms with Crippen LogP contribution in [0.25, 0.3) is 0 Å². The summed E-state index contributed by atoms with van der Waals surface area (Å²) < 4.78 is 5.47. The number of halogens is 2. The van der Waals surface area contributed by atoms with Crippen LogP contribution in [-0.2, 0) is 4.79 Å². The number of hydrogen-bond donors (Lipinski definition) is 2. The van der Waals surface area contributed by atoms with Crippen LogP contribution in [0, 0.1) is 0 Å². The highest BCUT2D eigenvalue weighted by Gasteiger charge is 2.25. The third-order valence-electron chi connectivity index (χ3n) is 4.42. The topological polar surface area (TPSA) is 69.2 Å². The smallest absolute Gasteiger partial charge is 0.243 e. The number of carbonyl (C=O) groups is 1. The second-order valence-corrected chi connectivity index (χ2v) is 7.21. The molecule has 0 aromatic heterocycles. The number of nitrogens with zero attached hydrogens (tertiary/aromatic N) is 3. The molecule has 1 aliphatic rings. The van der Waals surface area contributed by atoms with Gasteiger partial charge in [0, 0.05) is 44.8 Å². The number of benzene rings is 1. The van der Waals surface area contributed by atoms with Crippen LogP contribution < -0.4 is 20.3 Å². The summed E-state index contributed by atoms with van der Waals surface area (Å²) in [4.78, 5) is 20.1. The molecule has 1 heterocycles. The molecular formula is C19H31ClIN5O2. The Hall–Kier alpha value is -1.42. The molecular weight excluding hydrogens is 493 g/mol. The Morgan fingerprint density at radius 2 is 2.18 bits per heavy atom. The molecule has 0 spiro atoms. The number of nitrogens with one attached hydrogen (secondary N) is 2. The number of aliphatic imine (C=N–C) groups is 1. The molecule has 0 saturated carbocycles. The SMILES string of the molecule is CCCNC(=NCC(=O)N(C)C)NC1CCN(c2cc(Cl)ccc2OC)C1.I. The lowest BCUT2D eigenvalue weighted by Crippen LogP contribution is -2.45. The molecule has 28 heavy (non-hydrogen) atoms. The Morgan fingerprint density at radius 1 is 1.43 bits per heavy atom. The van der Waals surface area contributed by atoms with E-state index in [2.05, 4.69) is 27.4 Å². The van der Waals surface area contributed by atoms with Gasteiger partial charge in [0.15, 0.2) is 5.96 Å². The number of likely N-dealkylation sites (N-methyl/N-ethyl adjacent to an activating group) is 1. The Morgan fingerprint density at radius 3 is 2.82 bits per heavy atom. The van der Waals surface area contributed by atoms with Gasteiger partial charge in [0.05, 0.1) is 12.8 Å². The summed E-state index contributed by atoms with van der Waals surface area (Å²) in [7, 11) is 5.13. The van der Waals surface area contributed by atoms with Gasteiger partial charge in [-0.1, -0.05) is 18.5 Å². The number of rotatable bonds is 7. The summed E-state index contributed by atoms with van der Waals surface area (Å²) in [6, 6.07) is 5.88. The minimum Gasteiger partial charge on any atom is -0.495 e. The lowest BCUT2D eigenvalue weighted by molar-refractivity contribution is -0.127. The zero-order valence-corrected chi connectivity index (χ0v) is 20.1. The molecule has 0 radical (unpaired) electrons. The number of methoxy groups -OCH3 is 1. The molecule has 1 atom stereocenters. The Labute approximate surface area is 189 Å². The van der Waals surface area contributed by atoms with Crippen LogP contribution in [0.4, 0.5) is 5.69 Å². The first kappa shape index (κ1) is 24.6. The lowest BCUT2D eigenvalue weighted by atomic mass is 10.2. The molecule has 0 aliphatic carbocycles. The fraction of sp³-hybridized carbons (Fsp3) is 0.579. The zero-order valence-electron chi connectivity index (χ0n) is 17.0. The number of carbonyl (C=O) groups excluding carboxylic acids is 1. The molecule has 1 saturated heterocycles. The quantitative estimate of drug-likeness (QED) is 0.327. The van der Waals surface area contributed by atoms with E-state index in [1.54, 1.807) is 26.1 Å². The van der Waals surface area contributed by atoms with E-state index >= 15 is 0 Å². The van der Waals surface area contributed by atoms with Crippen molar-refractivity contribution in [2.75, 3.05) is 52.3 Å². The molecule has 1 amide bonds. The predicted octanol–water partition coefficient (Wildman–Crippen LogP) is 2.58. The molecule has 1 aliphatic heterocycles. The van der Waals surface area contributed by atoms with Gasteiger partial charge in [0.25, 0.3) is 0 Å². The third kappa shape index (κ3) is 7.20. The highest BCUT2D eigenvalue weighted by atomic mass is 127. The van der Waals surface area contributed by atoms with Crippen molar-refractivity contribution in [2.45, 2.75) is 25.8 Å². The van der Waals surface area contributed by atoms with E-state index in [4.69, 9.17) is 16.3 Å². The normalized spacial score (nSPS) is 16.4. The summed E-state index contributed by atoms with van der Waals surface area (Å²) >= 11 is 6.16. The second kappa shape index (κ2) is 12.2. The van der Waals surface area contributed by atoms with E-state index < -0.39 is 0 Å². The predicted molar refractivity (Wildman–Crippen MR) is 126 cm³/mol. The van der Waals surface area contributed by atoms with Crippen LogP contribution in [0.1, 0.15) is 19.8 Å².